The lowest BCUT2D eigenvalue weighted by molar-refractivity contribution is 0.126. The van der Waals surface area contributed by atoms with Gasteiger partial charge >= 0.3 is 0 Å². The van der Waals surface area contributed by atoms with Gasteiger partial charge in [-0.05, 0) is 51.7 Å². The first-order chi connectivity index (χ1) is 9.88. The van der Waals surface area contributed by atoms with Crippen molar-refractivity contribution in [2.45, 2.75) is 64.0 Å². The summed E-state index contributed by atoms with van der Waals surface area (Å²) >= 11 is 0. The summed E-state index contributed by atoms with van der Waals surface area (Å²) in [5, 5.41) is 7.59. The Hall–Kier alpha value is -0.940. The molecular formula is C15H26N4O. The van der Waals surface area contributed by atoms with Crippen LogP contribution in [0, 0.1) is 0 Å². The highest BCUT2D eigenvalue weighted by molar-refractivity contribution is 4.99. The van der Waals surface area contributed by atoms with Crippen LogP contribution < -0.4 is 5.32 Å². The van der Waals surface area contributed by atoms with Gasteiger partial charge in [0.15, 0.2) is 5.82 Å². The average molecular weight is 278 g/mol. The molecule has 0 aliphatic carbocycles. The van der Waals surface area contributed by atoms with Crippen molar-refractivity contribution in [3.05, 3.63) is 11.7 Å². The number of hydrogen-bond acceptors (Lipinski definition) is 5. The van der Waals surface area contributed by atoms with E-state index < -0.39 is 0 Å². The van der Waals surface area contributed by atoms with Gasteiger partial charge in [0, 0.05) is 12.5 Å². The highest BCUT2D eigenvalue weighted by atomic mass is 16.5. The van der Waals surface area contributed by atoms with Gasteiger partial charge in [-0.25, -0.2) is 0 Å². The van der Waals surface area contributed by atoms with E-state index in [0.29, 0.717) is 12.1 Å². The number of unbranched alkanes of at least 4 members (excludes halogenated alkanes) is 1. The number of rotatable bonds is 5. The van der Waals surface area contributed by atoms with Gasteiger partial charge in [-0.3, -0.25) is 4.90 Å². The summed E-state index contributed by atoms with van der Waals surface area (Å²) in [6.45, 7) is 5.65. The van der Waals surface area contributed by atoms with E-state index in [1.165, 1.54) is 38.6 Å². The minimum absolute atomic E-state index is 0.362. The van der Waals surface area contributed by atoms with Gasteiger partial charge < -0.3 is 9.84 Å². The molecule has 1 unspecified atom stereocenters. The third-order valence-electron chi connectivity index (χ3n) is 4.59. The fraction of sp³-hybridized carbons (Fsp3) is 0.867. The number of piperidine rings is 1. The molecule has 2 saturated heterocycles. The second kappa shape index (κ2) is 6.68. The SMILES string of the molecule is CCCCc1noc(C2CCCN2C2CCNCC2)n1. The Morgan fingerprint density at radius 2 is 2.15 bits per heavy atom. The fourth-order valence-corrected chi connectivity index (χ4v) is 3.47. The maximum absolute atomic E-state index is 5.55. The Morgan fingerprint density at radius 3 is 2.95 bits per heavy atom. The molecule has 0 saturated carbocycles. The molecule has 0 bridgehead atoms. The second-order valence-corrected chi connectivity index (χ2v) is 6.03. The summed E-state index contributed by atoms with van der Waals surface area (Å²) < 4.78 is 5.55. The molecule has 0 aromatic carbocycles. The second-order valence-electron chi connectivity index (χ2n) is 6.03. The minimum Gasteiger partial charge on any atom is -0.338 e. The van der Waals surface area contributed by atoms with E-state index in [-0.39, 0.29) is 0 Å². The van der Waals surface area contributed by atoms with Crippen molar-refractivity contribution in [1.29, 1.82) is 0 Å². The third-order valence-corrected chi connectivity index (χ3v) is 4.59. The molecule has 1 aromatic rings. The van der Waals surface area contributed by atoms with Crippen molar-refractivity contribution in [2.24, 2.45) is 0 Å². The van der Waals surface area contributed by atoms with Gasteiger partial charge in [0.05, 0.1) is 6.04 Å². The monoisotopic (exact) mass is 278 g/mol. The number of nitrogens with zero attached hydrogens (tertiary/aromatic N) is 3. The number of likely N-dealkylation sites (tertiary alicyclic amines) is 1. The molecule has 1 N–H and O–H groups in total. The highest BCUT2D eigenvalue weighted by Gasteiger charge is 2.35. The molecule has 0 radical (unpaired) electrons. The zero-order valence-electron chi connectivity index (χ0n) is 12.5. The Kier molecular flexibility index (Phi) is 4.68. The molecule has 20 heavy (non-hydrogen) atoms. The summed E-state index contributed by atoms with van der Waals surface area (Å²) in [5.74, 6) is 1.74. The van der Waals surface area contributed by atoms with Crippen LogP contribution in [-0.4, -0.2) is 40.7 Å². The standard InChI is InChI=1S/C15H26N4O/c1-2-3-6-14-17-15(20-18-14)13-5-4-11-19(13)12-7-9-16-10-8-12/h12-13,16H,2-11H2,1H3. The first-order valence-corrected chi connectivity index (χ1v) is 8.17. The molecule has 3 heterocycles. The largest absolute Gasteiger partial charge is 0.338 e. The molecule has 2 aliphatic heterocycles. The molecule has 5 nitrogen and oxygen atoms in total. The van der Waals surface area contributed by atoms with E-state index in [0.717, 1.165) is 37.6 Å². The van der Waals surface area contributed by atoms with Crippen LogP contribution in [0.1, 0.15) is 63.2 Å². The van der Waals surface area contributed by atoms with E-state index in [9.17, 15) is 0 Å². The summed E-state index contributed by atoms with van der Waals surface area (Å²) in [7, 11) is 0. The molecule has 1 atom stereocenters. The Balaban J connectivity index is 1.66. The first kappa shape index (κ1) is 14.0. The van der Waals surface area contributed by atoms with Crippen LogP contribution in [0.25, 0.3) is 0 Å². The van der Waals surface area contributed by atoms with Crippen LogP contribution in [0.5, 0.6) is 0 Å². The number of nitrogens with one attached hydrogen (secondary N) is 1. The number of hydrogen-bond donors (Lipinski definition) is 1. The molecule has 0 spiro atoms. The summed E-state index contributed by atoms with van der Waals surface area (Å²) in [6, 6.07) is 1.05. The molecule has 0 amide bonds. The van der Waals surface area contributed by atoms with Gasteiger partial charge in [0.2, 0.25) is 5.89 Å². The topological polar surface area (TPSA) is 54.2 Å². The smallest absolute Gasteiger partial charge is 0.244 e. The van der Waals surface area contributed by atoms with Crippen molar-refractivity contribution in [1.82, 2.24) is 20.4 Å². The molecular weight excluding hydrogens is 252 g/mol. The van der Waals surface area contributed by atoms with Gasteiger partial charge in [0.25, 0.3) is 0 Å². The Bertz CT molecular complexity index is 414. The van der Waals surface area contributed by atoms with Gasteiger partial charge in [-0.2, -0.15) is 4.98 Å². The van der Waals surface area contributed by atoms with Crippen LogP contribution in [0.15, 0.2) is 4.52 Å². The number of aryl methyl sites for hydroxylation is 1. The molecule has 1 aromatic heterocycles. The zero-order chi connectivity index (χ0) is 13.8. The van der Waals surface area contributed by atoms with Crippen molar-refractivity contribution in [2.75, 3.05) is 19.6 Å². The van der Waals surface area contributed by atoms with E-state index in [1.54, 1.807) is 0 Å². The van der Waals surface area contributed by atoms with Gasteiger partial charge in [-0.15, -0.1) is 0 Å². The summed E-state index contributed by atoms with van der Waals surface area (Å²) in [6.07, 6.45) is 8.16. The molecule has 3 rings (SSSR count). The molecule has 5 heteroatoms. The molecule has 2 aliphatic rings. The lowest BCUT2D eigenvalue weighted by Gasteiger charge is -2.34. The quantitative estimate of drug-likeness (QED) is 0.895. The summed E-state index contributed by atoms with van der Waals surface area (Å²) in [4.78, 5) is 7.25. The maximum atomic E-state index is 5.55. The lowest BCUT2D eigenvalue weighted by atomic mass is 10.0. The third kappa shape index (κ3) is 3.04. The van der Waals surface area contributed by atoms with Gasteiger partial charge in [0.1, 0.15) is 0 Å². The van der Waals surface area contributed by atoms with Crippen LogP contribution in [0.3, 0.4) is 0 Å². The Morgan fingerprint density at radius 1 is 1.30 bits per heavy atom. The van der Waals surface area contributed by atoms with Gasteiger partial charge in [-0.1, -0.05) is 18.5 Å². The first-order valence-electron chi connectivity index (χ1n) is 8.17. The van der Waals surface area contributed by atoms with Crippen LogP contribution >= 0.6 is 0 Å². The van der Waals surface area contributed by atoms with E-state index in [4.69, 9.17) is 4.52 Å². The lowest BCUT2D eigenvalue weighted by Crippen LogP contribution is -2.42. The average Bonchev–Trinajstić information content (AvgIpc) is 3.14. The minimum atomic E-state index is 0.362. The highest BCUT2D eigenvalue weighted by Crippen LogP contribution is 2.34. The predicted molar refractivity (Wildman–Crippen MR) is 77.5 cm³/mol. The maximum Gasteiger partial charge on any atom is 0.244 e. The van der Waals surface area contributed by atoms with E-state index in [1.807, 2.05) is 0 Å². The number of aromatic nitrogens is 2. The van der Waals surface area contributed by atoms with Crippen LogP contribution in [0.4, 0.5) is 0 Å². The Labute approximate surface area is 121 Å². The van der Waals surface area contributed by atoms with Crippen LogP contribution in [0.2, 0.25) is 0 Å². The van der Waals surface area contributed by atoms with Crippen molar-refractivity contribution >= 4 is 0 Å². The van der Waals surface area contributed by atoms with Crippen molar-refractivity contribution in [3.8, 4) is 0 Å². The normalized spacial score (nSPS) is 25.4. The molecule has 2 fully saturated rings. The van der Waals surface area contributed by atoms with E-state index in [2.05, 4.69) is 27.3 Å². The van der Waals surface area contributed by atoms with Crippen LogP contribution in [-0.2, 0) is 6.42 Å². The fourth-order valence-electron chi connectivity index (χ4n) is 3.47. The van der Waals surface area contributed by atoms with Crippen molar-refractivity contribution < 1.29 is 4.52 Å². The summed E-state index contributed by atoms with van der Waals surface area (Å²) in [5.41, 5.74) is 0. The predicted octanol–water partition coefficient (Wildman–Crippen LogP) is 2.30. The molecule has 112 valence electrons. The van der Waals surface area contributed by atoms with Crippen molar-refractivity contribution in [3.63, 3.8) is 0 Å². The zero-order valence-corrected chi connectivity index (χ0v) is 12.5. The van der Waals surface area contributed by atoms with E-state index >= 15 is 0 Å².